The van der Waals surface area contributed by atoms with E-state index >= 15 is 0 Å². The van der Waals surface area contributed by atoms with E-state index < -0.39 is 0 Å². The zero-order valence-corrected chi connectivity index (χ0v) is 23.9. The minimum Gasteiger partial charge on any atom is -0.284 e. The SMILES string of the molecule is C1=CC2=CC(C3=NC4CC(C5=CCCC=C5)=CC=C4C(C4=CCC(C5=CC=CC6C=CC=NC56)C=C4)=C3)=CCC2C=C1. The van der Waals surface area contributed by atoms with Gasteiger partial charge in [-0.2, -0.15) is 0 Å². The van der Waals surface area contributed by atoms with Crippen LogP contribution in [-0.2, 0) is 0 Å². The van der Waals surface area contributed by atoms with Crippen LogP contribution in [0.2, 0.25) is 0 Å². The highest BCUT2D eigenvalue weighted by Gasteiger charge is 2.32. The monoisotopic (exact) mass is 544 g/mol. The first-order valence-corrected chi connectivity index (χ1v) is 15.6. The van der Waals surface area contributed by atoms with Gasteiger partial charge in [-0.3, -0.25) is 9.98 Å². The summed E-state index contributed by atoms with van der Waals surface area (Å²) in [5, 5.41) is 0. The van der Waals surface area contributed by atoms with Gasteiger partial charge in [0.2, 0.25) is 0 Å². The number of allylic oxidation sites excluding steroid dienone is 22. The molecule has 8 rings (SSSR count). The molecule has 5 unspecified atom stereocenters. The van der Waals surface area contributed by atoms with E-state index in [1.54, 1.807) is 0 Å². The molecule has 2 heterocycles. The third-order valence-electron chi connectivity index (χ3n) is 9.70. The third kappa shape index (κ3) is 4.69. The van der Waals surface area contributed by atoms with Crippen molar-refractivity contribution in [2.24, 2.45) is 27.7 Å². The largest absolute Gasteiger partial charge is 0.284 e. The Morgan fingerprint density at radius 1 is 0.690 bits per heavy atom. The van der Waals surface area contributed by atoms with Crippen LogP contribution in [0.3, 0.4) is 0 Å². The molecular weight excluding hydrogens is 508 g/mol. The zero-order chi connectivity index (χ0) is 27.9. The number of dihydropyridines is 2. The van der Waals surface area contributed by atoms with Crippen LogP contribution in [0.25, 0.3) is 0 Å². The summed E-state index contributed by atoms with van der Waals surface area (Å²) in [6.07, 6.45) is 53.3. The summed E-state index contributed by atoms with van der Waals surface area (Å²) in [5.41, 5.74) is 12.0. The summed E-state index contributed by atoms with van der Waals surface area (Å²) in [6.45, 7) is 0. The van der Waals surface area contributed by atoms with Crippen molar-refractivity contribution in [2.75, 3.05) is 0 Å². The van der Waals surface area contributed by atoms with Crippen molar-refractivity contribution in [3.63, 3.8) is 0 Å². The summed E-state index contributed by atoms with van der Waals surface area (Å²) in [7, 11) is 0. The van der Waals surface area contributed by atoms with Crippen LogP contribution in [0.5, 0.6) is 0 Å². The van der Waals surface area contributed by atoms with E-state index in [2.05, 4.69) is 122 Å². The Morgan fingerprint density at radius 2 is 1.62 bits per heavy atom. The quantitative estimate of drug-likeness (QED) is 0.338. The van der Waals surface area contributed by atoms with Crippen molar-refractivity contribution in [1.82, 2.24) is 0 Å². The number of hydrogen-bond acceptors (Lipinski definition) is 2. The first-order chi connectivity index (χ1) is 20.8. The van der Waals surface area contributed by atoms with Gasteiger partial charge < -0.3 is 0 Å². The molecule has 5 atom stereocenters. The molecule has 0 fully saturated rings. The molecule has 8 aliphatic rings. The van der Waals surface area contributed by atoms with Crippen molar-refractivity contribution < 1.29 is 0 Å². The lowest BCUT2D eigenvalue weighted by molar-refractivity contribution is 0.577. The number of aliphatic imine (C=N–C) groups is 2. The van der Waals surface area contributed by atoms with Gasteiger partial charge in [-0.1, -0.05) is 103 Å². The van der Waals surface area contributed by atoms with Crippen molar-refractivity contribution in [2.45, 2.75) is 44.2 Å². The van der Waals surface area contributed by atoms with Crippen LogP contribution in [0.15, 0.2) is 176 Å². The number of rotatable bonds is 4. The molecule has 0 spiro atoms. The molecule has 2 heteroatoms. The average Bonchev–Trinajstić information content (AvgIpc) is 3.07. The fraction of sp³-hybridized carbons (Fsp3) is 0.250. The first kappa shape index (κ1) is 25.4. The lowest BCUT2D eigenvalue weighted by Crippen LogP contribution is -2.27. The lowest BCUT2D eigenvalue weighted by atomic mass is 9.75. The molecule has 0 saturated carbocycles. The van der Waals surface area contributed by atoms with Gasteiger partial charge in [0.1, 0.15) is 0 Å². The predicted octanol–water partition coefficient (Wildman–Crippen LogP) is 8.89. The molecule has 0 aromatic rings. The highest BCUT2D eigenvalue weighted by Crippen LogP contribution is 2.41. The van der Waals surface area contributed by atoms with E-state index in [1.165, 1.54) is 44.6 Å². The Morgan fingerprint density at radius 3 is 2.52 bits per heavy atom. The van der Waals surface area contributed by atoms with Crippen LogP contribution >= 0.6 is 0 Å². The van der Waals surface area contributed by atoms with E-state index in [1.807, 2.05) is 6.21 Å². The minimum absolute atomic E-state index is 0.136. The lowest BCUT2D eigenvalue weighted by Gasteiger charge is -2.33. The van der Waals surface area contributed by atoms with E-state index in [0.717, 1.165) is 37.8 Å². The molecular formula is C40H36N2. The molecule has 6 aliphatic carbocycles. The van der Waals surface area contributed by atoms with Crippen molar-refractivity contribution in [3.8, 4) is 0 Å². The molecule has 42 heavy (non-hydrogen) atoms. The summed E-state index contributed by atoms with van der Waals surface area (Å²) in [5.74, 6) is 1.25. The Hall–Kier alpha value is -4.30. The van der Waals surface area contributed by atoms with Crippen LogP contribution in [0, 0.1) is 17.8 Å². The van der Waals surface area contributed by atoms with Crippen molar-refractivity contribution >= 4 is 11.9 Å². The van der Waals surface area contributed by atoms with E-state index in [-0.39, 0.29) is 12.1 Å². The van der Waals surface area contributed by atoms with Crippen LogP contribution in [-0.4, -0.2) is 24.0 Å². The minimum atomic E-state index is 0.136. The second-order valence-corrected chi connectivity index (χ2v) is 12.3. The second-order valence-electron chi connectivity index (χ2n) is 12.3. The Balaban J connectivity index is 1.12. The van der Waals surface area contributed by atoms with Crippen LogP contribution < -0.4 is 0 Å². The highest BCUT2D eigenvalue weighted by atomic mass is 14.8. The van der Waals surface area contributed by atoms with Gasteiger partial charge in [-0.15, -0.1) is 0 Å². The molecule has 0 radical (unpaired) electrons. The fourth-order valence-electron chi connectivity index (χ4n) is 7.42. The predicted molar refractivity (Wildman–Crippen MR) is 177 cm³/mol. The Bertz CT molecular complexity index is 1700. The second kappa shape index (κ2) is 10.8. The summed E-state index contributed by atoms with van der Waals surface area (Å²) < 4.78 is 0. The van der Waals surface area contributed by atoms with Gasteiger partial charge in [0.05, 0.1) is 17.8 Å². The van der Waals surface area contributed by atoms with Gasteiger partial charge in [0.25, 0.3) is 0 Å². The van der Waals surface area contributed by atoms with Crippen LogP contribution in [0.4, 0.5) is 0 Å². The van der Waals surface area contributed by atoms with Crippen molar-refractivity contribution in [3.05, 3.63) is 166 Å². The average molecular weight is 545 g/mol. The molecule has 2 nitrogen and oxygen atoms in total. The summed E-state index contributed by atoms with van der Waals surface area (Å²) in [6, 6.07) is 0.366. The molecule has 0 saturated heterocycles. The van der Waals surface area contributed by atoms with Gasteiger partial charge in [-0.25, -0.2) is 0 Å². The third-order valence-corrected chi connectivity index (χ3v) is 9.70. The fourth-order valence-corrected chi connectivity index (χ4v) is 7.42. The van der Waals surface area contributed by atoms with Crippen molar-refractivity contribution in [1.29, 1.82) is 0 Å². The van der Waals surface area contributed by atoms with Gasteiger partial charge in [-0.05, 0) is 94.9 Å². The summed E-state index contributed by atoms with van der Waals surface area (Å²) >= 11 is 0. The Kier molecular flexibility index (Phi) is 6.56. The number of fused-ring (bicyclic) bond motifs is 3. The first-order valence-electron chi connectivity index (χ1n) is 15.6. The van der Waals surface area contributed by atoms with Gasteiger partial charge in [0, 0.05) is 24.0 Å². The summed E-state index contributed by atoms with van der Waals surface area (Å²) in [4.78, 5) is 10.3. The number of hydrogen-bond donors (Lipinski definition) is 0. The molecule has 2 aliphatic heterocycles. The number of nitrogens with zero attached hydrogens (tertiary/aromatic N) is 2. The molecule has 0 bridgehead atoms. The standard InChI is InChI=1S/C40H36N2/c1-2-8-27(9-3-1)33-21-22-36-37(26-38(42-39(36)25-33)34-20-15-28-10-4-5-11-32(28)24-34)30-18-16-29(17-19-30)35-14-6-12-31-13-7-23-41-40(31)35/h2,4-14,16,18-24,26,28-29,31,39-40H,1,3,15,17,25H2. The zero-order valence-electron chi connectivity index (χ0n) is 23.9. The Labute approximate surface area is 249 Å². The normalized spacial score (nSPS) is 32.2. The molecule has 0 aromatic heterocycles. The van der Waals surface area contributed by atoms with E-state index in [0.29, 0.717) is 17.8 Å². The molecule has 206 valence electrons. The maximum Gasteiger partial charge on any atom is 0.0815 e. The van der Waals surface area contributed by atoms with Gasteiger partial charge >= 0.3 is 0 Å². The van der Waals surface area contributed by atoms with Crippen LogP contribution in [0.1, 0.15) is 32.1 Å². The van der Waals surface area contributed by atoms with E-state index in [4.69, 9.17) is 9.98 Å². The maximum absolute atomic E-state index is 5.42. The molecule has 0 aromatic carbocycles. The van der Waals surface area contributed by atoms with Gasteiger partial charge in [0.15, 0.2) is 0 Å². The maximum atomic E-state index is 5.42. The topological polar surface area (TPSA) is 24.7 Å². The van der Waals surface area contributed by atoms with E-state index in [9.17, 15) is 0 Å². The smallest absolute Gasteiger partial charge is 0.0815 e. The molecule has 0 amide bonds. The highest BCUT2D eigenvalue weighted by molar-refractivity contribution is 6.13. The molecule has 0 N–H and O–H groups in total.